The highest BCUT2D eigenvalue weighted by molar-refractivity contribution is 7.98. The summed E-state index contributed by atoms with van der Waals surface area (Å²) in [4.78, 5) is 1.25. The number of nitrogens with one attached hydrogen (secondary N) is 1. The van der Waals surface area contributed by atoms with Crippen LogP contribution in [0.4, 0.5) is 0 Å². The molecule has 0 aliphatic carbocycles. The molecule has 2 nitrogen and oxygen atoms in total. The molecule has 2 aromatic carbocycles. The predicted molar refractivity (Wildman–Crippen MR) is 86.6 cm³/mol. The maximum absolute atomic E-state index is 6.13. The highest BCUT2D eigenvalue weighted by atomic mass is 32.2. The average molecular weight is 287 g/mol. The zero-order valence-electron chi connectivity index (χ0n) is 12.0. The van der Waals surface area contributed by atoms with Crippen LogP contribution in [0.3, 0.4) is 0 Å². The van der Waals surface area contributed by atoms with Gasteiger partial charge >= 0.3 is 0 Å². The molecule has 1 unspecified atom stereocenters. The molecule has 0 heterocycles. The second kappa shape index (κ2) is 7.98. The van der Waals surface area contributed by atoms with Gasteiger partial charge in [0.25, 0.3) is 0 Å². The molecule has 0 spiro atoms. The fourth-order valence-electron chi connectivity index (χ4n) is 1.99. The zero-order chi connectivity index (χ0) is 14.2. The summed E-state index contributed by atoms with van der Waals surface area (Å²) >= 11 is 1.74. The second-order valence-electron chi connectivity index (χ2n) is 4.50. The Hall–Kier alpha value is -1.45. The lowest BCUT2D eigenvalue weighted by atomic mass is 10.1. The van der Waals surface area contributed by atoms with Crippen LogP contribution < -0.4 is 10.1 Å². The molecule has 2 rings (SSSR count). The number of likely N-dealkylation sites (N-methyl/N-ethyl adjacent to an activating group) is 1. The first kappa shape index (κ1) is 14.9. The molecule has 106 valence electrons. The number of benzene rings is 2. The third-order valence-electron chi connectivity index (χ3n) is 3.09. The van der Waals surface area contributed by atoms with Crippen molar-refractivity contribution in [3.63, 3.8) is 0 Å². The molecule has 0 fully saturated rings. The SMILES string of the molecule is CCNCC(Oc1ccc(SC)cc1)c1ccccc1. The Labute approximate surface area is 125 Å². The number of ether oxygens (including phenoxy) is 1. The van der Waals surface area contributed by atoms with Crippen molar-refractivity contribution in [3.05, 3.63) is 60.2 Å². The summed E-state index contributed by atoms with van der Waals surface area (Å²) in [5.74, 6) is 0.912. The van der Waals surface area contributed by atoms with Gasteiger partial charge in [0.1, 0.15) is 11.9 Å². The quantitative estimate of drug-likeness (QED) is 0.773. The molecule has 0 bridgehead atoms. The monoisotopic (exact) mass is 287 g/mol. The summed E-state index contributed by atoms with van der Waals surface area (Å²) in [6.45, 7) is 3.86. The van der Waals surface area contributed by atoms with E-state index in [4.69, 9.17) is 4.74 Å². The Morgan fingerprint density at radius 3 is 2.35 bits per heavy atom. The van der Waals surface area contributed by atoms with Crippen LogP contribution in [-0.4, -0.2) is 19.3 Å². The lowest BCUT2D eigenvalue weighted by molar-refractivity contribution is 0.202. The second-order valence-corrected chi connectivity index (χ2v) is 5.38. The number of rotatable bonds is 7. The first-order valence-corrected chi connectivity index (χ1v) is 8.12. The van der Waals surface area contributed by atoms with E-state index in [1.165, 1.54) is 10.5 Å². The smallest absolute Gasteiger partial charge is 0.136 e. The summed E-state index contributed by atoms with van der Waals surface area (Å²) in [5, 5.41) is 3.36. The standard InChI is InChI=1S/C17H21NOS/c1-3-18-13-17(14-7-5-4-6-8-14)19-15-9-11-16(20-2)12-10-15/h4-12,17-18H,3,13H2,1-2H3. The van der Waals surface area contributed by atoms with Gasteiger partial charge in [0.05, 0.1) is 0 Å². The molecular weight excluding hydrogens is 266 g/mol. The van der Waals surface area contributed by atoms with Crippen LogP contribution >= 0.6 is 11.8 Å². The molecule has 0 aliphatic rings. The van der Waals surface area contributed by atoms with Crippen LogP contribution in [-0.2, 0) is 0 Å². The fraction of sp³-hybridized carbons (Fsp3) is 0.294. The summed E-state index contributed by atoms with van der Waals surface area (Å²) in [6, 6.07) is 18.6. The Bertz CT molecular complexity index is 498. The van der Waals surface area contributed by atoms with Gasteiger partial charge in [0, 0.05) is 11.4 Å². The molecule has 1 N–H and O–H groups in total. The van der Waals surface area contributed by atoms with E-state index in [0.29, 0.717) is 0 Å². The lowest BCUT2D eigenvalue weighted by Crippen LogP contribution is -2.24. The minimum Gasteiger partial charge on any atom is -0.484 e. The van der Waals surface area contributed by atoms with Gasteiger partial charge in [-0.1, -0.05) is 37.3 Å². The first-order chi connectivity index (χ1) is 9.83. The van der Waals surface area contributed by atoms with E-state index >= 15 is 0 Å². The molecule has 1 atom stereocenters. The van der Waals surface area contributed by atoms with Gasteiger partial charge in [-0.2, -0.15) is 0 Å². The normalized spacial score (nSPS) is 12.1. The van der Waals surface area contributed by atoms with Crippen molar-refractivity contribution in [1.29, 1.82) is 0 Å². The van der Waals surface area contributed by atoms with E-state index in [2.05, 4.69) is 54.9 Å². The molecule has 0 saturated heterocycles. The van der Waals surface area contributed by atoms with Crippen molar-refractivity contribution in [3.8, 4) is 5.75 Å². The molecule has 0 aromatic heterocycles. The minimum absolute atomic E-state index is 0.0382. The maximum Gasteiger partial charge on any atom is 0.136 e. The fourth-order valence-corrected chi connectivity index (χ4v) is 2.40. The Morgan fingerprint density at radius 1 is 1.05 bits per heavy atom. The predicted octanol–water partition coefficient (Wildman–Crippen LogP) is 4.14. The molecule has 0 aliphatic heterocycles. The number of hydrogen-bond donors (Lipinski definition) is 1. The van der Waals surface area contributed by atoms with Gasteiger partial charge in [-0.25, -0.2) is 0 Å². The maximum atomic E-state index is 6.13. The van der Waals surface area contributed by atoms with Gasteiger partial charge in [0.15, 0.2) is 0 Å². The summed E-state index contributed by atoms with van der Waals surface area (Å²) in [7, 11) is 0. The Kier molecular flexibility index (Phi) is 5.96. The van der Waals surface area contributed by atoms with Crippen molar-refractivity contribution >= 4 is 11.8 Å². The number of thioether (sulfide) groups is 1. The van der Waals surface area contributed by atoms with Crippen LogP contribution in [0.1, 0.15) is 18.6 Å². The van der Waals surface area contributed by atoms with Gasteiger partial charge in [-0.15, -0.1) is 11.8 Å². The first-order valence-electron chi connectivity index (χ1n) is 6.90. The summed E-state index contributed by atoms with van der Waals surface area (Å²) < 4.78 is 6.13. The Balaban J connectivity index is 2.10. The van der Waals surface area contributed by atoms with Crippen LogP contribution in [0, 0.1) is 0 Å². The molecular formula is C17H21NOS. The van der Waals surface area contributed by atoms with E-state index in [1.807, 2.05) is 18.2 Å². The van der Waals surface area contributed by atoms with Gasteiger partial charge in [-0.3, -0.25) is 0 Å². The molecule has 0 radical (unpaired) electrons. The largest absolute Gasteiger partial charge is 0.484 e. The molecule has 3 heteroatoms. The molecule has 20 heavy (non-hydrogen) atoms. The average Bonchev–Trinajstić information content (AvgIpc) is 2.53. The summed E-state index contributed by atoms with van der Waals surface area (Å²) in [6.07, 6.45) is 2.12. The zero-order valence-corrected chi connectivity index (χ0v) is 12.8. The van der Waals surface area contributed by atoms with Gasteiger partial charge < -0.3 is 10.1 Å². The van der Waals surface area contributed by atoms with Crippen LogP contribution in [0.5, 0.6) is 5.75 Å². The third kappa shape index (κ3) is 4.29. The molecule has 0 saturated carbocycles. The van der Waals surface area contributed by atoms with E-state index in [0.717, 1.165) is 18.8 Å². The number of hydrogen-bond acceptors (Lipinski definition) is 3. The van der Waals surface area contributed by atoms with Crippen LogP contribution in [0.25, 0.3) is 0 Å². The minimum atomic E-state index is 0.0382. The van der Waals surface area contributed by atoms with E-state index in [1.54, 1.807) is 11.8 Å². The highest BCUT2D eigenvalue weighted by Crippen LogP contribution is 2.24. The van der Waals surface area contributed by atoms with E-state index in [9.17, 15) is 0 Å². The van der Waals surface area contributed by atoms with Gasteiger partial charge in [0.2, 0.25) is 0 Å². The van der Waals surface area contributed by atoms with E-state index in [-0.39, 0.29) is 6.10 Å². The van der Waals surface area contributed by atoms with Crippen molar-refractivity contribution in [2.45, 2.75) is 17.9 Å². The van der Waals surface area contributed by atoms with Gasteiger partial charge in [-0.05, 0) is 42.6 Å². The van der Waals surface area contributed by atoms with Crippen molar-refractivity contribution in [1.82, 2.24) is 5.32 Å². The van der Waals surface area contributed by atoms with E-state index < -0.39 is 0 Å². The van der Waals surface area contributed by atoms with Crippen LogP contribution in [0.2, 0.25) is 0 Å². The van der Waals surface area contributed by atoms with Crippen molar-refractivity contribution in [2.24, 2.45) is 0 Å². The highest BCUT2D eigenvalue weighted by Gasteiger charge is 2.12. The van der Waals surface area contributed by atoms with Crippen molar-refractivity contribution < 1.29 is 4.74 Å². The Morgan fingerprint density at radius 2 is 1.75 bits per heavy atom. The summed E-state index contributed by atoms with van der Waals surface area (Å²) in [5.41, 5.74) is 1.20. The topological polar surface area (TPSA) is 21.3 Å². The molecule has 0 amide bonds. The van der Waals surface area contributed by atoms with Crippen molar-refractivity contribution in [2.75, 3.05) is 19.3 Å². The third-order valence-corrected chi connectivity index (χ3v) is 3.83. The lowest BCUT2D eigenvalue weighted by Gasteiger charge is -2.20. The van der Waals surface area contributed by atoms with Crippen LogP contribution in [0.15, 0.2) is 59.5 Å². The molecule has 2 aromatic rings.